The van der Waals surface area contributed by atoms with Crippen LogP contribution in [0.25, 0.3) is 11.4 Å². The quantitative estimate of drug-likeness (QED) is 0.696. The minimum absolute atomic E-state index is 0.107. The Morgan fingerprint density at radius 1 is 1.13 bits per heavy atom. The number of rotatable bonds is 3. The number of amides is 2. The zero-order valence-electron chi connectivity index (χ0n) is 17.5. The molecule has 1 N–H and O–H groups in total. The summed E-state index contributed by atoms with van der Waals surface area (Å²) in [5.74, 6) is 2.29. The molecule has 0 saturated carbocycles. The Hall–Kier alpha value is -3.55. The zero-order chi connectivity index (χ0) is 21.2. The maximum absolute atomic E-state index is 13.0. The predicted molar refractivity (Wildman–Crippen MR) is 116 cm³/mol. The predicted octanol–water partition coefficient (Wildman–Crippen LogP) is 3.89. The number of aromatic nitrogens is 3. The van der Waals surface area contributed by atoms with Crippen LogP contribution < -0.4 is 14.8 Å². The number of pyridine rings is 1. The first kappa shape index (κ1) is 19.4. The van der Waals surface area contributed by atoms with Gasteiger partial charge < -0.3 is 24.3 Å². The summed E-state index contributed by atoms with van der Waals surface area (Å²) in [7, 11) is 0. The highest BCUT2D eigenvalue weighted by atomic mass is 16.6. The Morgan fingerprint density at radius 2 is 1.94 bits per heavy atom. The lowest BCUT2D eigenvalue weighted by molar-refractivity contribution is 0.171. The second-order valence-corrected chi connectivity index (χ2v) is 7.86. The number of benzene rings is 1. The highest BCUT2D eigenvalue weighted by molar-refractivity contribution is 5.89. The van der Waals surface area contributed by atoms with Crippen LogP contribution >= 0.6 is 0 Å². The first-order valence-electron chi connectivity index (χ1n) is 10.6. The molecule has 1 aromatic carbocycles. The second-order valence-electron chi connectivity index (χ2n) is 7.86. The van der Waals surface area contributed by atoms with Crippen molar-refractivity contribution >= 4 is 11.7 Å². The summed E-state index contributed by atoms with van der Waals surface area (Å²) >= 11 is 0. The van der Waals surface area contributed by atoms with E-state index in [1.54, 1.807) is 12.4 Å². The number of aryl methyl sites for hydroxylation is 1. The van der Waals surface area contributed by atoms with Crippen LogP contribution in [0, 0.1) is 6.92 Å². The van der Waals surface area contributed by atoms with Gasteiger partial charge in [0.1, 0.15) is 19.0 Å². The molecule has 1 saturated heterocycles. The van der Waals surface area contributed by atoms with Crippen LogP contribution in [0.1, 0.15) is 24.6 Å². The third-order valence-electron chi connectivity index (χ3n) is 5.76. The molecule has 1 unspecified atom stereocenters. The standard InChI is InChI=1S/C23H25N5O3/c1-16-14-25-22(17-6-8-24-9-7-17)28(16)19-3-2-10-27(15-19)23(29)26-18-4-5-20-21(13-18)31-12-11-30-20/h4-9,13-14,19H,2-3,10-12,15H2,1H3,(H,26,29). The Labute approximate surface area is 180 Å². The van der Waals surface area contributed by atoms with Gasteiger partial charge in [0.2, 0.25) is 0 Å². The number of urea groups is 1. The number of anilines is 1. The van der Waals surface area contributed by atoms with E-state index in [9.17, 15) is 4.79 Å². The molecule has 31 heavy (non-hydrogen) atoms. The van der Waals surface area contributed by atoms with Crippen molar-refractivity contribution in [2.45, 2.75) is 25.8 Å². The van der Waals surface area contributed by atoms with E-state index >= 15 is 0 Å². The van der Waals surface area contributed by atoms with E-state index in [0.29, 0.717) is 36.9 Å². The molecule has 3 aromatic rings. The fourth-order valence-electron chi connectivity index (χ4n) is 4.30. The first-order chi connectivity index (χ1) is 15.2. The summed E-state index contributed by atoms with van der Waals surface area (Å²) in [4.78, 5) is 23.6. The fourth-order valence-corrected chi connectivity index (χ4v) is 4.30. The molecule has 2 aliphatic rings. The molecule has 8 heteroatoms. The highest BCUT2D eigenvalue weighted by Crippen LogP contribution is 2.33. The van der Waals surface area contributed by atoms with Gasteiger partial charge in [0.25, 0.3) is 0 Å². The maximum Gasteiger partial charge on any atom is 0.321 e. The SMILES string of the molecule is Cc1cnc(-c2ccncc2)n1C1CCCN(C(=O)Nc2ccc3c(c2)OCCO3)C1. The first-order valence-corrected chi connectivity index (χ1v) is 10.6. The monoisotopic (exact) mass is 419 g/mol. The van der Waals surface area contributed by atoms with Gasteiger partial charge in [-0.25, -0.2) is 9.78 Å². The van der Waals surface area contributed by atoms with Gasteiger partial charge in [0, 0.05) is 54.7 Å². The summed E-state index contributed by atoms with van der Waals surface area (Å²) in [5, 5.41) is 3.01. The van der Waals surface area contributed by atoms with Crippen molar-refractivity contribution in [3.63, 3.8) is 0 Å². The average Bonchev–Trinajstić information content (AvgIpc) is 3.21. The number of fused-ring (bicyclic) bond motifs is 1. The Morgan fingerprint density at radius 3 is 2.77 bits per heavy atom. The molecule has 0 radical (unpaired) electrons. The number of nitrogens with zero attached hydrogens (tertiary/aromatic N) is 4. The molecule has 1 fully saturated rings. The number of carbonyl (C=O) groups excluding carboxylic acids is 1. The van der Waals surface area contributed by atoms with E-state index in [0.717, 1.165) is 36.5 Å². The Balaban J connectivity index is 1.32. The van der Waals surface area contributed by atoms with Crippen molar-refractivity contribution in [3.05, 3.63) is 54.6 Å². The molecular weight excluding hydrogens is 394 g/mol. The number of nitrogens with one attached hydrogen (secondary N) is 1. The van der Waals surface area contributed by atoms with E-state index < -0.39 is 0 Å². The molecule has 8 nitrogen and oxygen atoms in total. The molecule has 0 spiro atoms. The average molecular weight is 419 g/mol. The van der Waals surface area contributed by atoms with E-state index in [2.05, 4.69) is 26.8 Å². The van der Waals surface area contributed by atoms with Gasteiger partial charge >= 0.3 is 6.03 Å². The van der Waals surface area contributed by atoms with Gasteiger partial charge in [0.15, 0.2) is 11.5 Å². The third-order valence-corrected chi connectivity index (χ3v) is 5.76. The number of piperidine rings is 1. The van der Waals surface area contributed by atoms with Crippen LogP contribution in [-0.2, 0) is 0 Å². The van der Waals surface area contributed by atoms with Crippen molar-refractivity contribution in [3.8, 4) is 22.9 Å². The second kappa shape index (κ2) is 8.29. The molecule has 2 aliphatic heterocycles. The number of hydrogen-bond acceptors (Lipinski definition) is 5. The third kappa shape index (κ3) is 3.93. The van der Waals surface area contributed by atoms with Crippen LogP contribution in [0.4, 0.5) is 10.5 Å². The van der Waals surface area contributed by atoms with Crippen molar-refractivity contribution < 1.29 is 14.3 Å². The molecule has 1 atom stereocenters. The van der Waals surface area contributed by atoms with E-state index in [4.69, 9.17) is 9.47 Å². The summed E-state index contributed by atoms with van der Waals surface area (Å²) in [6.45, 7) is 4.48. The van der Waals surface area contributed by atoms with Crippen molar-refractivity contribution in [2.24, 2.45) is 0 Å². The van der Waals surface area contributed by atoms with E-state index in [1.807, 2.05) is 41.4 Å². The van der Waals surface area contributed by atoms with Gasteiger partial charge in [0.05, 0.1) is 6.04 Å². The summed E-state index contributed by atoms with van der Waals surface area (Å²) < 4.78 is 13.4. The number of carbonyl (C=O) groups is 1. The molecule has 2 aromatic heterocycles. The number of hydrogen-bond donors (Lipinski definition) is 1. The molecule has 160 valence electrons. The minimum atomic E-state index is -0.107. The van der Waals surface area contributed by atoms with Crippen molar-refractivity contribution in [1.29, 1.82) is 0 Å². The zero-order valence-corrected chi connectivity index (χ0v) is 17.5. The van der Waals surface area contributed by atoms with E-state index in [1.165, 1.54) is 0 Å². The topological polar surface area (TPSA) is 81.5 Å². The normalized spacial score (nSPS) is 18.0. The molecule has 4 heterocycles. The molecule has 2 amide bonds. The largest absolute Gasteiger partial charge is 0.486 e. The molecular formula is C23H25N5O3. The van der Waals surface area contributed by atoms with Crippen molar-refractivity contribution in [2.75, 3.05) is 31.6 Å². The van der Waals surface area contributed by atoms with Crippen LogP contribution in [-0.4, -0.2) is 51.8 Å². The maximum atomic E-state index is 13.0. The number of likely N-dealkylation sites (tertiary alicyclic amines) is 1. The summed E-state index contributed by atoms with van der Waals surface area (Å²) in [5.41, 5.74) is 2.82. The molecule has 0 bridgehead atoms. The van der Waals surface area contributed by atoms with Crippen LogP contribution in [0.2, 0.25) is 0 Å². The minimum Gasteiger partial charge on any atom is -0.486 e. The van der Waals surface area contributed by atoms with Crippen molar-refractivity contribution in [1.82, 2.24) is 19.4 Å². The van der Waals surface area contributed by atoms with Gasteiger partial charge in [-0.05, 0) is 44.0 Å². The lowest BCUT2D eigenvalue weighted by atomic mass is 10.0. The smallest absolute Gasteiger partial charge is 0.321 e. The summed E-state index contributed by atoms with van der Waals surface area (Å²) in [6, 6.07) is 9.49. The Kier molecular flexibility index (Phi) is 5.19. The van der Waals surface area contributed by atoms with Gasteiger partial charge in [-0.15, -0.1) is 0 Å². The Bertz CT molecular complexity index is 1080. The fraction of sp³-hybridized carbons (Fsp3) is 0.348. The number of imidazole rings is 1. The van der Waals surface area contributed by atoms with Crippen LogP contribution in [0.15, 0.2) is 48.9 Å². The van der Waals surface area contributed by atoms with Gasteiger partial charge in [-0.2, -0.15) is 0 Å². The highest BCUT2D eigenvalue weighted by Gasteiger charge is 2.27. The molecule has 5 rings (SSSR count). The molecule has 0 aliphatic carbocycles. The lowest BCUT2D eigenvalue weighted by Gasteiger charge is -2.34. The van der Waals surface area contributed by atoms with Gasteiger partial charge in [-0.1, -0.05) is 0 Å². The van der Waals surface area contributed by atoms with Crippen LogP contribution in [0.5, 0.6) is 11.5 Å². The van der Waals surface area contributed by atoms with Gasteiger partial charge in [-0.3, -0.25) is 4.98 Å². The summed E-state index contributed by atoms with van der Waals surface area (Å²) in [6.07, 6.45) is 7.38. The van der Waals surface area contributed by atoms with Crippen LogP contribution in [0.3, 0.4) is 0 Å². The van der Waals surface area contributed by atoms with E-state index in [-0.39, 0.29) is 12.1 Å². The lowest BCUT2D eigenvalue weighted by Crippen LogP contribution is -2.43. The number of ether oxygens (including phenoxy) is 2.